The summed E-state index contributed by atoms with van der Waals surface area (Å²) >= 11 is 0. The molecule has 0 heterocycles. The van der Waals surface area contributed by atoms with Gasteiger partial charge in [-0.2, -0.15) is 0 Å². The fourth-order valence-corrected chi connectivity index (χ4v) is 3.59. The van der Waals surface area contributed by atoms with E-state index in [1.807, 2.05) is 54.6 Å². The first-order valence-corrected chi connectivity index (χ1v) is 12.1. The van der Waals surface area contributed by atoms with E-state index in [0.717, 1.165) is 25.0 Å². The van der Waals surface area contributed by atoms with Crippen molar-refractivity contribution < 1.29 is 14.3 Å². The zero-order valence-electron chi connectivity index (χ0n) is 19.6. The highest BCUT2D eigenvalue weighted by Crippen LogP contribution is 2.25. The van der Waals surface area contributed by atoms with E-state index in [0.29, 0.717) is 30.2 Å². The third-order valence-corrected chi connectivity index (χ3v) is 5.48. The van der Waals surface area contributed by atoms with Crippen molar-refractivity contribution in [3.63, 3.8) is 0 Å². The number of carbonyl (C=O) groups excluding carboxylic acids is 1. The number of carbonyl (C=O) groups is 1. The number of ether oxygens (including phenoxy) is 2. The minimum absolute atomic E-state index is 0.165. The van der Waals surface area contributed by atoms with Gasteiger partial charge in [0.25, 0.3) is 5.91 Å². The number of anilines is 1. The van der Waals surface area contributed by atoms with Gasteiger partial charge in [0.1, 0.15) is 11.5 Å². The van der Waals surface area contributed by atoms with Gasteiger partial charge in [-0.1, -0.05) is 75.1 Å². The smallest absolute Gasteiger partial charge is 0.255 e. The lowest BCUT2D eigenvalue weighted by atomic mass is 10.1. The normalized spacial score (nSPS) is 10.6. The predicted molar refractivity (Wildman–Crippen MR) is 135 cm³/mol. The number of amides is 1. The lowest BCUT2D eigenvalue weighted by molar-refractivity contribution is 0.102. The third kappa shape index (κ3) is 8.64. The molecule has 0 atom stereocenters. The van der Waals surface area contributed by atoms with Gasteiger partial charge in [0.15, 0.2) is 0 Å². The quantitative estimate of drug-likeness (QED) is 0.265. The summed E-state index contributed by atoms with van der Waals surface area (Å²) in [7, 11) is 0. The third-order valence-electron chi connectivity index (χ3n) is 5.48. The van der Waals surface area contributed by atoms with Crippen molar-refractivity contribution in [2.75, 3.05) is 18.5 Å². The molecule has 3 aromatic carbocycles. The van der Waals surface area contributed by atoms with Gasteiger partial charge in [0.05, 0.1) is 18.9 Å². The van der Waals surface area contributed by atoms with Gasteiger partial charge in [0, 0.05) is 5.56 Å². The Morgan fingerprint density at radius 1 is 0.727 bits per heavy atom. The molecule has 0 radical (unpaired) electrons. The van der Waals surface area contributed by atoms with E-state index in [4.69, 9.17) is 9.47 Å². The van der Waals surface area contributed by atoms with Crippen LogP contribution in [-0.2, 0) is 6.42 Å². The number of nitrogens with one attached hydrogen (secondary N) is 1. The summed E-state index contributed by atoms with van der Waals surface area (Å²) < 4.78 is 11.8. The van der Waals surface area contributed by atoms with Gasteiger partial charge in [-0.3, -0.25) is 4.79 Å². The van der Waals surface area contributed by atoms with Crippen LogP contribution in [0, 0.1) is 0 Å². The standard InChI is InChI=1S/C29H35NO3/c1-2-3-4-5-11-22-32-26-20-18-25(19-21-26)29(31)30-27-16-9-10-17-28(27)33-23-12-15-24-13-7-6-8-14-24/h6-10,13-14,16-21H,2-5,11-12,15,22-23H2,1H3,(H,30,31). The minimum atomic E-state index is -0.165. The Kier molecular flexibility index (Phi) is 10.3. The molecule has 174 valence electrons. The first kappa shape index (κ1) is 24.4. The second-order valence-electron chi connectivity index (χ2n) is 8.17. The Labute approximate surface area is 197 Å². The number of para-hydroxylation sites is 2. The summed E-state index contributed by atoms with van der Waals surface area (Å²) in [6.07, 6.45) is 7.92. The molecule has 1 amide bonds. The highest BCUT2D eigenvalue weighted by molar-refractivity contribution is 6.05. The predicted octanol–water partition coefficient (Wildman–Crippen LogP) is 7.30. The fourth-order valence-electron chi connectivity index (χ4n) is 3.59. The molecule has 4 heteroatoms. The second kappa shape index (κ2) is 14.0. The van der Waals surface area contributed by atoms with Crippen molar-refractivity contribution in [2.45, 2.75) is 51.9 Å². The van der Waals surface area contributed by atoms with Crippen LogP contribution in [-0.4, -0.2) is 19.1 Å². The first-order chi connectivity index (χ1) is 16.3. The van der Waals surface area contributed by atoms with Gasteiger partial charge in [-0.05, 0) is 61.2 Å². The van der Waals surface area contributed by atoms with E-state index in [-0.39, 0.29) is 5.91 Å². The van der Waals surface area contributed by atoms with Crippen LogP contribution >= 0.6 is 0 Å². The number of aryl methyl sites for hydroxylation is 1. The molecule has 0 aliphatic carbocycles. The van der Waals surface area contributed by atoms with Crippen molar-refractivity contribution >= 4 is 11.6 Å². The molecular formula is C29H35NO3. The highest BCUT2D eigenvalue weighted by atomic mass is 16.5. The molecule has 0 bridgehead atoms. The first-order valence-electron chi connectivity index (χ1n) is 12.1. The zero-order chi connectivity index (χ0) is 23.1. The molecular weight excluding hydrogens is 410 g/mol. The van der Waals surface area contributed by atoms with Crippen LogP contribution in [0.5, 0.6) is 11.5 Å². The number of rotatable bonds is 14. The van der Waals surface area contributed by atoms with E-state index in [2.05, 4.69) is 24.4 Å². The van der Waals surface area contributed by atoms with E-state index in [1.165, 1.54) is 31.2 Å². The number of unbranched alkanes of at least 4 members (excludes halogenated alkanes) is 4. The molecule has 0 saturated heterocycles. The van der Waals surface area contributed by atoms with Gasteiger partial charge in [-0.25, -0.2) is 0 Å². The number of benzene rings is 3. The molecule has 0 spiro atoms. The molecule has 33 heavy (non-hydrogen) atoms. The molecule has 0 aromatic heterocycles. The average Bonchev–Trinajstić information content (AvgIpc) is 2.86. The maximum Gasteiger partial charge on any atom is 0.255 e. The van der Waals surface area contributed by atoms with Crippen molar-refractivity contribution in [1.82, 2.24) is 0 Å². The second-order valence-corrected chi connectivity index (χ2v) is 8.17. The Bertz CT molecular complexity index is 954. The summed E-state index contributed by atoms with van der Waals surface area (Å²) in [5.74, 6) is 1.31. The summed E-state index contributed by atoms with van der Waals surface area (Å²) in [4.78, 5) is 12.7. The van der Waals surface area contributed by atoms with Crippen LogP contribution in [0.1, 0.15) is 61.4 Å². The largest absolute Gasteiger partial charge is 0.494 e. The molecule has 4 nitrogen and oxygen atoms in total. The summed E-state index contributed by atoms with van der Waals surface area (Å²) in [5, 5.41) is 2.97. The van der Waals surface area contributed by atoms with E-state index >= 15 is 0 Å². The molecule has 0 aliphatic rings. The monoisotopic (exact) mass is 445 g/mol. The van der Waals surface area contributed by atoms with E-state index in [1.54, 1.807) is 12.1 Å². The van der Waals surface area contributed by atoms with Crippen LogP contribution in [0.2, 0.25) is 0 Å². The fraction of sp³-hybridized carbons (Fsp3) is 0.345. The molecule has 0 fully saturated rings. The molecule has 3 rings (SSSR count). The van der Waals surface area contributed by atoms with Crippen LogP contribution in [0.15, 0.2) is 78.9 Å². The molecule has 1 N–H and O–H groups in total. The van der Waals surface area contributed by atoms with Crippen molar-refractivity contribution in [3.05, 3.63) is 90.0 Å². The number of hydrogen-bond acceptors (Lipinski definition) is 3. The Balaban J connectivity index is 1.45. The van der Waals surface area contributed by atoms with Crippen LogP contribution < -0.4 is 14.8 Å². The van der Waals surface area contributed by atoms with Crippen LogP contribution in [0.4, 0.5) is 5.69 Å². The van der Waals surface area contributed by atoms with Crippen molar-refractivity contribution in [1.29, 1.82) is 0 Å². The summed E-state index contributed by atoms with van der Waals surface area (Å²) in [6, 6.07) is 25.2. The topological polar surface area (TPSA) is 47.6 Å². The zero-order valence-corrected chi connectivity index (χ0v) is 19.6. The Morgan fingerprint density at radius 3 is 2.21 bits per heavy atom. The van der Waals surface area contributed by atoms with Gasteiger partial charge in [-0.15, -0.1) is 0 Å². The van der Waals surface area contributed by atoms with E-state index in [9.17, 15) is 4.79 Å². The average molecular weight is 446 g/mol. The van der Waals surface area contributed by atoms with Crippen LogP contribution in [0.3, 0.4) is 0 Å². The highest BCUT2D eigenvalue weighted by Gasteiger charge is 2.10. The maximum atomic E-state index is 12.7. The van der Waals surface area contributed by atoms with Gasteiger partial charge < -0.3 is 14.8 Å². The summed E-state index contributed by atoms with van der Waals surface area (Å²) in [6.45, 7) is 3.52. The Morgan fingerprint density at radius 2 is 1.42 bits per heavy atom. The van der Waals surface area contributed by atoms with Crippen molar-refractivity contribution in [3.8, 4) is 11.5 Å². The SMILES string of the molecule is CCCCCCCOc1ccc(C(=O)Nc2ccccc2OCCCc2ccccc2)cc1. The number of hydrogen-bond donors (Lipinski definition) is 1. The Hall–Kier alpha value is -3.27. The lowest BCUT2D eigenvalue weighted by Gasteiger charge is -2.13. The molecule has 0 aliphatic heterocycles. The lowest BCUT2D eigenvalue weighted by Crippen LogP contribution is -2.13. The van der Waals surface area contributed by atoms with E-state index < -0.39 is 0 Å². The minimum Gasteiger partial charge on any atom is -0.494 e. The maximum absolute atomic E-state index is 12.7. The molecule has 3 aromatic rings. The molecule has 0 unspecified atom stereocenters. The van der Waals surface area contributed by atoms with Gasteiger partial charge >= 0.3 is 0 Å². The molecule has 0 saturated carbocycles. The van der Waals surface area contributed by atoms with Crippen LogP contribution in [0.25, 0.3) is 0 Å². The van der Waals surface area contributed by atoms with Crippen molar-refractivity contribution in [2.24, 2.45) is 0 Å². The van der Waals surface area contributed by atoms with Gasteiger partial charge in [0.2, 0.25) is 0 Å². The summed E-state index contributed by atoms with van der Waals surface area (Å²) in [5.41, 5.74) is 2.56.